The molecule has 0 aliphatic rings. The van der Waals surface area contributed by atoms with Crippen molar-refractivity contribution in [1.82, 2.24) is 5.32 Å². The van der Waals surface area contributed by atoms with E-state index in [0.29, 0.717) is 11.1 Å². The van der Waals surface area contributed by atoms with E-state index in [-0.39, 0.29) is 13.0 Å². The molecule has 0 aromatic heterocycles. The molecule has 1 N–H and O–H groups in total. The van der Waals surface area contributed by atoms with Crippen LogP contribution in [0.5, 0.6) is 0 Å². The fourth-order valence-corrected chi connectivity index (χ4v) is 1.99. The minimum atomic E-state index is -2.34. The summed E-state index contributed by atoms with van der Waals surface area (Å²) in [5.41, 5.74) is -1.66. The molecule has 1 atom stereocenters. The van der Waals surface area contributed by atoms with Crippen molar-refractivity contribution in [3.05, 3.63) is 35.4 Å². The Hall–Kier alpha value is -2.88. The topological polar surface area (TPSA) is 119 Å². The fourth-order valence-electron chi connectivity index (χ4n) is 1.99. The quantitative estimate of drug-likeness (QED) is 0.547. The summed E-state index contributed by atoms with van der Waals surface area (Å²) in [5, 5.41) is 22.5. The van der Waals surface area contributed by atoms with Gasteiger partial charge in [0.15, 0.2) is 5.54 Å². The van der Waals surface area contributed by atoms with Crippen LogP contribution < -0.4 is 10.4 Å². The third-order valence-electron chi connectivity index (χ3n) is 2.89. The Morgan fingerprint density at radius 3 is 2.59 bits per heavy atom. The van der Waals surface area contributed by atoms with Crippen molar-refractivity contribution in [2.45, 2.75) is 25.8 Å². The van der Waals surface area contributed by atoms with Gasteiger partial charge in [-0.2, -0.15) is 5.26 Å². The number of hydrogen-bond acceptors (Lipinski definition) is 6. The van der Waals surface area contributed by atoms with Gasteiger partial charge in [0.1, 0.15) is 0 Å². The number of aliphatic carboxylic acids is 1. The average Bonchev–Trinajstić information content (AvgIpc) is 2.46. The summed E-state index contributed by atoms with van der Waals surface area (Å²) >= 11 is 0. The Morgan fingerprint density at radius 2 is 2.09 bits per heavy atom. The molecule has 0 saturated heterocycles. The first-order valence-corrected chi connectivity index (χ1v) is 6.52. The van der Waals surface area contributed by atoms with Crippen LogP contribution in [0.3, 0.4) is 0 Å². The number of rotatable bonds is 6. The number of carbonyl (C=O) groups excluding carboxylic acids is 3. The first-order valence-electron chi connectivity index (χ1n) is 6.52. The van der Waals surface area contributed by atoms with Gasteiger partial charge in [0.2, 0.25) is 5.91 Å². The van der Waals surface area contributed by atoms with Crippen molar-refractivity contribution < 1.29 is 24.2 Å². The molecule has 7 heteroatoms. The average molecular weight is 303 g/mol. The highest BCUT2D eigenvalue weighted by Gasteiger charge is 2.43. The molecule has 0 spiro atoms. The molecule has 0 bridgehead atoms. The standard InChI is InChI=1S/C15H16N2O5/c1-3-22-14(21)15(13(19)20,17-10(2)18)8-11-5-4-6-12(7-11)9-16/h4-7H,3,8H2,1-2H3,(H,17,18)(H,19,20)/p-1. The third-order valence-corrected chi connectivity index (χ3v) is 2.89. The molecule has 1 amide bonds. The van der Waals surface area contributed by atoms with E-state index in [9.17, 15) is 19.5 Å². The number of nitriles is 1. The lowest BCUT2D eigenvalue weighted by Gasteiger charge is -2.33. The molecular weight excluding hydrogens is 288 g/mol. The van der Waals surface area contributed by atoms with E-state index in [4.69, 9.17) is 10.00 Å². The Bertz CT molecular complexity index is 635. The molecule has 0 fully saturated rings. The first-order chi connectivity index (χ1) is 10.4. The lowest BCUT2D eigenvalue weighted by molar-refractivity contribution is -0.313. The maximum atomic E-state index is 12.1. The number of carbonyl (C=O) groups is 3. The second-order valence-electron chi connectivity index (χ2n) is 4.58. The summed E-state index contributed by atoms with van der Waals surface area (Å²) in [4.78, 5) is 34.9. The maximum absolute atomic E-state index is 12.1. The van der Waals surface area contributed by atoms with Crippen molar-refractivity contribution in [3.63, 3.8) is 0 Å². The number of carboxylic acid groups (broad SMARTS) is 1. The first kappa shape index (κ1) is 17.2. The smallest absolute Gasteiger partial charge is 0.338 e. The van der Waals surface area contributed by atoms with Crippen LogP contribution in [0.2, 0.25) is 0 Å². The Balaban J connectivity index is 3.28. The van der Waals surface area contributed by atoms with Gasteiger partial charge >= 0.3 is 5.97 Å². The van der Waals surface area contributed by atoms with Crippen LogP contribution in [0.15, 0.2) is 24.3 Å². The molecule has 0 heterocycles. The van der Waals surface area contributed by atoms with Gasteiger partial charge in [-0.15, -0.1) is 0 Å². The van der Waals surface area contributed by atoms with E-state index < -0.39 is 23.4 Å². The van der Waals surface area contributed by atoms with Crippen LogP contribution in [-0.4, -0.2) is 30.0 Å². The van der Waals surface area contributed by atoms with E-state index in [1.165, 1.54) is 19.1 Å². The molecule has 1 rings (SSSR count). The van der Waals surface area contributed by atoms with Crippen LogP contribution in [0, 0.1) is 11.3 Å². The minimum absolute atomic E-state index is 0.0499. The normalized spacial score (nSPS) is 12.6. The second kappa shape index (κ2) is 7.22. The Labute approximate surface area is 127 Å². The molecule has 7 nitrogen and oxygen atoms in total. The van der Waals surface area contributed by atoms with Crippen LogP contribution in [-0.2, 0) is 25.5 Å². The molecule has 0 radical (unpaired) electrons. The number of nitrogens with one attached hydrogen (secondary N) is 1. The van der Waals surface area contributed by atoms with E-state index in [1.54, 1.807) is 12.1 Å². The predicted octanol–water partition coefficient (Wildman–Crippen LogP) is -0.711. The third kappa shape index (κ3) is 3.82. The van der Waals surface area contributed by atoms with Gasteiger partial charge in [0, 0.05) is 13.3 Å². The van der Waals surface area contributed by atoms with Gasteiger partial charge in [-0.1, -0.05) is 12.1 Å². The zero-order valence-corrected chi connectivity index (χ0v) is 12.2. The monoisotopic (exact) mass is 303 g/mol. The van der Waals surface area contributed by atoms with E-state index in [1.807, 2.05) is 6.07 Å². The molecule has 1 aromatic carbocycles. The number of benzene rings is 1. The molecule has 1 aromatic rings. The van der Waals surface area contributed by atoms with Gasteiger partial charge in [0.25, 0.3) is 0 Å². The Kier molecular flexibility index (Phi) is 5.64. The Morgan fingerprint density at radius 1 is 1.41 bits per heavy atom. The zero-order chi connectivity index (χ0) is 16.8. The zero-order valence-electron chi connectivity index (χ0n) is 12.2. The van der Waals surface area contributed by atoms with Crippen molar-refractivity contribution >= 4 is 17.8 Å². The summed E-state index contributed by atoms with van der Waals surface area (Å²) in [5.74, 6) is -3.61. The van der Waals surface area contributed by atoms with E-state index in [2.05, 4.69) is 5.32 Å². The minimum Gasteiger partial charge on any atom is -0.547 e. The maximum Gasteiger partial charge on any atom is 0.338 e. The van der Waals surface area contributed by atoms with Gasteiger partial charge < -0.3 is 20.0 Å². The van der Waals surface area contributed by atoms with Crippen molar-refractivity contribution in [2.24, 2.45) is 0 Å². The highest BCUT2D eigenvalue weighted by atomic mass is 16.5. The SMILES string of the molecule is CCOC(=O)C(Cc1cccc(C#N)c1)(NC(C)=O)C(=O)[O-]. The van der Waals surface area contributed by atoms with Crippen LogP contribution in [0.25, 0.3) is 0 Å². The number of nitrogens with zero attached hydrogens (tertiary/aromatic N) is 1. The van der Waals surface area contributed by atoms with Gasteiger partial charge in [-0.25, -0.2) is 4.79 Å². The lowest BCUT2D eigenvalue weighted by atomic mass is 9.90. The van der Waals surface area contributed by atoms with Crippen molar-refractivity contribution in [1.29, 1.82) is 5.26 Å². The summed E-state index contributed by atoms with van der Waals surface area (Å²) < 4.78 is 4.76. The molecule has 0 saturated carbocycles. The summed E-state index contributed by atoms with van der Waals surface area (Å²) in [6, 6.07) is 7.96. The number of amides is 1. The van der Waals surface area contributed by atoms with E-state index in [0.717, 1.165) is 6.92 Å². The van der Waals surface area contributed by atoms with Gasteiger partial charge in [-0.05, 0) is 24.6 Å². The summed E-state index contributed by atoms with van der Waals surface area (Å²) in [6.45, 7) is 2.55. The number of carboxylic acids is 1. The van der Waals surface area contributed by atoms with Crippen molar-refractivity contribution in [3.8, 4) is 6.07 Å². The summed E-state index contributed by atoms with van der Waals surface area (Å²) in [6.07, 6.45) is -0.386. The van der Waals surface area contributed by atoms with Crippen LogP contribution in [0.1, 0.15) is 25.0 Å². The highest BCUT2D eigenvalue weighted by Crippen LogP contribution is 2.17. The molecule has 22 heavy (non-hydrogen) atoms. The lowest BCUT2D eigenvalue weighted by Crippen LogP contribution is -2.66. The molecule has 0 aliphatic heterocycles. The molecule has 0 aliphatic carbocycles. The fraction of sp³-hybridized carbons (Fsp3) is 0.333. The molecule has 116 valence electrons. The highest BCUT2D eigenvalue weighted by molar-refractivity contribution is 6.06. The largest absolute Gasteiger partial charge is 0.547 e. The van der Waals surface area contributed by atoms with Crippen LogP contribution in [0.4, 0.5) is 0 Å². The summed E-state index contributed by atoms with van der Waals surface area (Å²) in [7, 11) is 0. The van der Waals surface area contributed by atoms with Crippen molar-refractivity contribution in [2.75, 3.05) is 6.61 Å². The number of hydrogen-bond donors (Lipinski definition) is 1. The van der Waals surface area contributed by atoms with Gasteiger partial charge in [0.05, 0.1) is 24.2 Å². The number of esters is 1. The van der Waals surface area contributed by atoms with Gasteiger partial charge in [-0.3, -0.25) is 4.79 Å². The molecular formula is C15H15N2O5-. The predicted molar refractivity (Wildman–Crippen MR) is 73.0 cm³/mol. The number of ether oxygens (including phenoxy) is 1. The molecule has 1 unspecified atom stereocenters. The van der Waals surface area contributed by atoms with E-state index >= 15 is 0 Å². The second-order valence-corrected chi connectivity index (χ2v) is 4.58. The van der Waals surface area contributed by atoms with Crippen LogP contribution >= 0.6 is 0 Å².